The predicted octanol–water partition coefficient (Wildman–Crippen LogP) is 5.86. The zero-order valence-electron chi connectivity index (χ0n) is 19.6. The van der Waals surface area contributed by atoms with Crippen LogP contribution in [0.4, 0.5) is 5.69 Å². The molecule has 0 atom stereocenters. The van der Waals surface area contributed by atoms with E-state index in [0.29, 0.717) is 11.5 Å². The van der Waals surface area contributed by atoms with Gasteiger partial charge in [0, 0.05) is 28.8 Å². The normalized spacial score (nSPS) is 15.0. The van der Waals surface area contributed by atoms with Crippen molar-refractivity contribution in [3.8, 4) is 5.75 Å². The number of nitrogens with zero attached hydrogens (tertiary/aromatic N) is 1. The zero-order chi connectivity index (χ0) is 23.5. The molecule has 0 radical (unpaired) electrons. The number of phenolic OH excluding ortho intramolecular Hbond substituents is 1. The second-order valence-electron chi connectivity index (χ2n) is 9.25. The number of benzene rings is 3. The number of aryl methyl sites for hydroxylation is 1. The van der Waals surface area contributed by atoms with Crippen LogP contribution < -0.4 is 5.32 Å². The van der Waals surface area contributed by atoms with Crippen molar-refractivity contribution in [2.75, 3.05) is 25.0 Å². The Bertz CT molecular complexity index is 1290. The van der Waals surface area contributed by atoms with E-state index in [1.54, 1.807) is 18.2 Å². The summed E-state index contributed by atoms with van der Waals surface area (Å²) in [6.07, 6.45) is 3.25. The van der Waals surface area contributed by atoms with E-state index < -0.39 is 0 Å². The highest BCUT2D eigenvalue weighted by molar-refractivity contribution is 6.14. The number of amides is 1. The number of H-pyrrole nitrogens is 1. The van der Waals surface area contributed by atoms with Crippen molar-refractivity contribution in [3.05, 3.63) is 95.2 Å². The van der Waals surface area contributed by atoms with Crippen LogP contribution in [-0.4, -0.2) is 40.5 Å². The highest BCUT2D eigenvalue weighted by Crippen LogP contribution is 2.34. The molecule has 3 N–H and O–H groups in total. The monoisotopic (exact) mass is 453 g/mol. The van der Waals surface area contributed by atoms with E-state index in [1.807, 2.05) is 19.1 Å². The molecule has 34 heavy (non-hydrogen) atoms. The molecule has 0 bridgehead atoms. The van der Waals surface area contributed by atoms with E-state index in [1.165, 1.54) is 11.1 Å². The Morgan fingerprint density at radius 1 is 1.03 bits per heavy atom. The summed E-state index contributed by atoms with van der Waals surface area (Å²) in [5.74, 6) is 0.430. The number of para-hydroxylation sites is 1. The van der Waals surface area contributed by atoms with Crippen LogP contribution in [0, 0.1) is 6.92 Å². The van der Waals surface area contributed by atoms with Crippen molar-refractivity contribution in [3.63, 3.8) is 0 Å². The first-order chi connectivity index (χ1) is 16.6. The molecule has 2 heterocycles. The third-order valence-electron chi connectivity index (χ3n) is 6.99. The van der Waals surface area contributed by atoms with Crippen LogP contribution in [0.25, 0.3) is 10.9 Å². The Labute approximate surface area is 200 Å². The molecular formula is C29H31N3O2. The summed E-state index contributed by atoms with van der Waals surface area (Å²) in [7, 11) is 0. The van der Waals surface area contributed by atoms with E-state index in [4.69, 9.17) is 0 Å². The van der Waals surface area contributed by atoms with Gasteiger partial charge in [0.1, 0.15) is 5.75 Å². The highest BCUT2D eigenvalue weighted by Gasteiger charge is 2.24. The average Bonchev–Trinajstić information content (AvgIpc) is 3.19. The molecule has 5 rings (SSSR count). The van der Waals surface area contributed by atoms with E-state index >= 15 is 0 Å². The minimum absolute atomic E-state index is 0.151. The van der Waals surface area contributed by atoms with E-state index in [0.717, 1.165) is 61.2 Å². The van der Waals surface area contributed by atoms with E-state index in [-0.39, 0.29) is 11.7 Å². The molecule has 0 saturated carbocycles. The lowest BCUT2D eigenvalue weighted by atomic mass is 9.88. The summed E-state index contributed by atoms with van der Waals surface area (Å²) in [6, 6.07) is 23.9. The molecule has 3 aromatic carbocycles. The Hall–Kier alpha value is -3.57. The van der Waals surface area contributed by atoms with Crippen LogP contribution >= 0.6 is 0 Å². The van der Waals surface area contributed by atoms with Crippen molar-refractivity contribution in [1.29, 1.82) is 0 Å². The SMILES string of the molecule is Cc1[nH]c2ccc(O)cc2c1C(=O)Nc1ccccc1C1CCN(CCc2ccccc2)CC1. The molecule has 1 amide bonds. The van der Waals surface area contributed by atoms with Gasteiger partial charge in [-0.2, -0.15) is 0 Å². The second-order valence-corrected chi connectivity index (χ2v) is 9.25. The quantitative estimate of drug-likeness (QED) is 0.343. The summed E-state index contributed by atoms with van der Waals surface area (Å²) in [4.78, 5) is 19.1. The number of phenols is 1. The number of carbonyl (C=O) groups excluding carboxylic acids is 1. The van der Waals surface area contributed by atoms with Gasteiger partial charge in [0.05, 0.1) is 5.56 Å². The van der Waals surface area contributed by atoms with Crippen molar-refractivity contribution in [2.24, 2.45) is 0 Å². The smallest absolute Gasteiger partial charge is 0.258 e. The van der Waals surface area contributed by atoms with Crippen molar-refractivity contribution in [1.82, 2.24) is 9.88 Å². The first kappa shape index (κ1) is 22.2. The summed E-state index contributed by atoms with van der Waals surface area (Å²) < 4.78 is 0. The molecule has 1 aromatic heterocycles. The standard InChI is InChI=1S/C29H31N3O2/c1-20-28(25-19-23(33)11-12-27(25)30-20)29(34)31-26-10-6-5-9-24(26)22-14-17-32(18-15-22)16-13-21-7-3-2-4-8-21/h2-12,19,22,30,33H,13-18H2,1H3,(H,31,34). The number of hydrogen-bond acceptors (Lipinski definition) is 3. The van der Waals surface area contributed by atoms with Crippen LogP contribution in [-0.2, 0) is 6.42 Å². The van der Waals surface area contributed by atoms with E-state index in [2.05, 4.69) is 57.7 Å². The van der Waals surface area contributed by atoms with Gasteiger partial charge in [-0.05, 0) is 80.6 Å². The first-order valence-electron chi connectivity index (χ1n) is 12.1. The number of anilines is 1. The van der Waals surface area contributed by atoms with Gasteiger partial charge in [-0.3, -0.25) is 4.79 Å². The van der Waals surface area contributed by atoms with Crippen molar-refractivity contribution >= 4 is 22.5 Å². The maximum absolute atomic E-state index is 13.3. The van der Waals surface area contributed by atoms with Crippen LogP contribution in [0.2, 0.25) is 0 Å². The largest absolute Gasteiger partial charge is 0.508 e. The molecule has 4 aromatic rings. The van der Waals surface area contributed by atoms with Crippen LogP contribution in [0.1, 0.15) is 45.9 Å². The molecule has 0 aliphatic carbocycles. The van der Waals surface area contributed by atoms with Gasteiger partial charge in [0.2, 0.25) is 0 Å². The van der Waals surface area contributed by atoms with Gasteiger partial charge in [0.25, 0.3) is 5.91 Å². The fourth-order valence-corrected chi connectivity index (χ4v) is 5.16. The Morgan fingerprint density at radius 2 is 1.76 bits per heavy atom. The minimum atomic E-state index is -0.151. The summed E-state index contributed by atoms with van der Waals surface area (Å²) >= 11 is 0. The van der Waals surface area contributed by atoms with Gasteiger partial charge in [0.15, 0.2) is 0 Å². The van der Waals surface area contributed by atoms with Gasteiger partial charge >= 0.3 is 0 Å². The van der Waals surface area contributed by atoms with Gasteiger partial charge in [-0.15, -0.1) is 0 Å². The molecule has 174 valence electrons. The first-order valence-corrected chi connectivity index (χ1v) is 12.1. The Morgan fingerprint density at radius 3 is 2.56 bits per heavy atom. The second kappa shape index (κ2) is 9.74. The zero-order valence-corrected chi connectivity index (χ0v) is 19.6. The Balaban J connectivity index is 1.27. The van der Waals surface area contributed by atoms with Crippen molar-refractivity contribution in [2.45, 2.75) is 32.1 Å². The summed E-state index contributed by atoms with van der Waals surface area (Å²) in [6.45, 7) is 5.12. The number of aromatic hydroxyl groups is 1. The van der Waals surface area contributed by atoms with Crippen LogP contribution in [0.3, 0.4) is 0 Å². The third kappa shape index (κ3) is 4.70. The topological polar surface area (TPSA) is 68.4 Å². The predicted molar refractivity (Wildman–Crippen MR) is 138 cm³/mol. The maximum atomic E-state index is 13.3. The van der Waals surface area contributed by atoms with Crippen molar-refractivity contribution < 1.29 is 9.90 Å². The highest BCUT2D eigenvalue weighted by atomic mass is 16.3. The number of aromatic nitrogens is 1. The number of fused-ring (bicyclic) bond motifs is 1. The fourth-order valence-electron chi connectivity index (χ4n) is 5.16. The molecule has 1 aliphatic rings. The lowest BCUT2D eigenvalue weighted by Gasteiger charge is -2.33. The number of hydrogen-bond donors (Lipinski definition) is 3. The van der Waals surface area contributed by atoms with E-state index in [9.17, 15) is 9.90 Å². The molecule has 1 aliphatic heterocycles. The maximum Gasteiger partial charge on any atom is 0.258 e. The summed E-state index contributed by atoms with van der Waals surface area (Å²) in [5.41, 5.74) is 5.69. The molecule has 0 spiro atoms. The minimum Gasteiger partial charge on any atom is -0.508 e. The number of rotatable bonds is 6. The molecule has 5 heteroatoms. The number of carbonyl (C=O) groups is 1. The molecule has 1 fully saturated rings. The lowest BCUT2D eigenvalue weighted by molar-refractivity contribution is 0.102. The number of nitrogens with one attached hydrogen (secondary N) is 2. The molecule has 0 unspecified atom stereocenters. The van der Waals surface area contributed by atoms with Crippen LogP contribution in [0.15, 0.2) is 72.8 Å². The molecule has 1 saturated heterocycles. The number of piperidine rings is 1. The van der Waals surface area contributed by atoms with Gasteiger partial charge in [-0.1, -0.05) is 48.5 Å². The summed E-state index contributed by atoms with van der Waals surface area (Å²) in [5, 5.41) is 13.8. The molecular weight excluding hydrogens is 422 g/mol. The third-order valence-corrected chi connectivity index (χ3v) is 6.99. The number of aromatic amines is 1. The molecule has 5 nitrogen and oxygen atoms in total. The number of likely N-dealkylation sites (tertiary alicyclic amines) is 1. The van der Waals surface area contributed by atoms with Gasteiger partial charge in [-0.25, -0.2) is 0 Å². The lowest BCUT2D eigenvalue weighted by Crippen LogP contribution is -2.34. The van der Waals surface area contributed by atoms with Crippen LogP contribution in [0.5, 0.6) is 5.75 Å². The average molecular weight is 454 g/mol. The Kier molecular flexibility index (Phi) is 6.37. The van der Waals surface area contributed by atoms with Gasteiger partial charge < -0.3 is 20.3 Å². The fraction of sp³-hybridized carbons (Fsp3) is 0.276.